The van der Waals surface area contributed by atoms with Gasteiger partial charge in [0.05, 0.1) is 0 Å². The molecule has 0 fully saturated rings. The molecular formula is C23H34O2. The molecule has 138 valence electrons. The van der Waals surface area contributed by atoms with E-state index in [1.54, 1.807) is 12.1 Å². The molecule has 0 heterocycles. The van der Waals surface area contributed by atoms with Crippen LogP contribution in [0.5, 0.6) is 11.5 Å². The number of rotatable bonds is 13. The van der Waals surface area contributed by atoms with E-state index in [4.69, 9.17) is 0 Å². The van der Waals surface area contributed by atoms with Crippen molar-refractivity contribution in [3.63, 3.8) is 0 Å². The zero-order valence-electron chi connectivity index (χ0n) is 15.7. The molecule has 0 saturated carbocycles. The average Bonchev–Trinajstić information content (AvgIpc) is 2.61. The van der Waals surface area contributed by atoms with Crippen molar-refractivity contribution in [1.82, 2.24) is 0 Å². The summed E-state index contributed by atoms with van der Waals surface area (Å²) in [4.78, 5) is 0. The molecule has 0 aliphatic heterocycles. The van der Waals surface area contributed by atoms with Crippen molar-refractivity contribution < 1.29 is 10.2 Å². The third-order valence-corrected chi connectivity index (χ3v) is 4.23. The topological polar surface area (TPSA) is 40.5 Å². The second-order valence-corrected chi connectivity index (χ2v) is 6.54. The molecule has 0 unspecified atom stereocenters. The van der Waals surface area contributed by atoms with Crippen molar-refractivity contribution in [2.75, 3.05) is 0 Å². The summed E-state index contributed by atoms with van der Waals surface area (Å²) < 4.78 is 0. The maximum absolute atomic E-state index is 9.41. The number of phenols is 2. The minimum atomic E-state index is -0.0908. The molecule has 0 aliphatic carbocycles. The summed E-state index contributed by atoms with van der Waals surface area (Å²) in [6.07, 6.45) is 25.6. The summed E-state index contributed by atoms with van der Waals surface area (Å²) in [7, 11) is 0. The van der Waals surface area contributed by atoms with Crippen LogP contribution in [0.1, 0.15) is 76.7 Å². The first-order valence-electron chi connectivity index (χ1n) is 9.76. The van der Waals surface area contributed by atoms with Crippen LogP contribution in [0, 0.1) is 0 Å². The van der Waals surface area contributed by atoms with Gasteiger partial charge >= 0.3 is 0 Å². The molecule has 0 radical (unpaired) electrons. The van der Waals surface area contributed by atoms with Crippen molar-refractivity contribution in [1.29, 1.82) is 0 Å². The molecular weight excluding hydrogens is 308 g/mol. The van der Waals surface area contributed by atoms with Crippen molar-refractivity contribution in [3.8, 4) is 11.5 Å². The number of hydrogen-bond donors (Lipinski definition) is 2. The minimum Gasteiger partial charge on any atom is -0.504 e. The van der Waals surface area contributed by atoms with E-state index >= 15 is 0 Å². The minimum absolute atomic E-state index is 0.0906. The lowest BCUT2D eigenvalue weighted by atomic mass is 10.1. The van der Waals surface area contributed by atoms with Crippen LogP contribution in [-0.2, 0) is 0 Å². The highest BCUT2D eigenvalue weighted by molar-refractivity contribution is 5.56. The first-order valence-corrected chi connectivity index (χ1v) is 9.76. The van der Waals surface area contributed by atoms with Gasteiger partial charge in [0.2, 0.25) is 0 Å². The third-order valence-electron chi connectivity index (χ3n) is 4.23. The van der Waals surface area contributed by atoms with Crippen molar-refractivity contribution in [2.45, 2.75) is 71.1 Å². The molecule has 2 nitrogen and oxygen atoms in total. The Hall–Kier alpha value is -1.96. The molecule has 1 aromatic rings. The van der Waals surface area contributed by atoms with Gasteiger partial charge in [-0.05, 0) is 30.5 Å². The number of aromatic hydroxyl groups is 2. The first-order chi connectivity index (χ1) is 12.2. The molecule has 0 spiro atoms. The van der Waals surface area contributed by atoms with E-state index in [0.717, 1.165) is 12.0 Å². The molecule has 0 saturated heterocycles. The maximum Gasteiger partial charge on any atom is 0.157 e. The Bertz CT molecular complexity index is 541. The van der Waals surface area contributed by atoms with Gasteiger partial charge in [0.25, 0.3) is 0 Å². The Morgan fingerprint density at radius 1 is 0.720 bits per heavy atom. The van der Waals surface area contributed by atoms with E-state index < -0.39 is 0 Å². The second kappa shape index (κ2) is 14.4. The summed E-state index contributed by atoms with van der Waals surface area (Å²) in [5, 5.41) is 18.7. The Kier molecular flexibility index (Phi) is 12.1. The van der Waals surface area contributed by atoms with Crippen LogP contribution in [0.2, 0.25) is 0 Å². The third kappa shape index (κ3) is 11.3. The van der Waals surface area contributed by atoms with Gasteiger partial charge in [-0.2, -0.15) is 0 Å². The standard InChI is InChI=1S/C23H34O2/c1-2-3-4-5-6-7-8-9-10-11-12-13-14-15-16-17-21-18-19-22(24)23(25)20-21/h12-20,24-25H,2-11H2,1H3. The Morgan fingerprint density at radius 3 is 2.04 bits per heavy atom. The quantitative estimate of drug-likeness (QED) is 0.227. The van der Waals surface area contributed by atoms with Crippen molar-refractivity contribution in [2.24, 2.45) is 0 Å². The highest BCUT2D eigenvalue weighted by Gasteiger charge is 1.96. The van der Waals surface area contributed by atoms with Gasteiger partial charge < -0.3 is 10.2 Å². The fourth-order valence-electron chi connectivity index (χ4n) is 2.69. The Morgan fingerprint density at radius 2 is 1.36 bits per heavy atom. The summed E-state index contributed by atoms with van der Waals surface area (Å²) in [5.41, 5.74) is 0.860. The van der Waals surface area contributed by atoms with Crippen LogP contribution < -0.4 is 0 Å². The van der Waals surface area contributed by atoms with Crippen LogP contribution in [-0.4, -0.2) is 10.2 Å². The highest BCUT2D eigenvalue weighted by Crippen LogP contribution is 2.25. The number of unbranched alkanes of at least 4 members (excludes halogenated alkanes) is 9. The van der Waals surface area contributed by atoms with Crippen LogP contribution in [0.25, 0.3) is 6.08 Å². The molecule has 25 heavy (non-hydrogen) atoms. The molecule has 0 atom stereocenters. The molecule has 2 N–H and O–H groups in total. The average molecular weight is 343 g/mol. The van der Waals surface area contributed by atoms with Gasteiger partial charge in [-0.25, -0.2) is 0 Å². The van der Waals surface area contributed by atoms with Gasteiger partial charge in [0.1, 0.15) is 0 Å². The first kappa shape index (κ1) is 21.1. The lowest BCUT2D eigenvalue weighted by Gasteiger charge is -2.00. The summed E-state index contributed by atoms with van der Waals surface area (Å²) in [5.74, 6) is -0.181. The largest absolute Gasteiger partial charge is 0.504 e. The van der Waals surface area contributed by atoms with Crippen LogP contribution in [0.15, 0.2) is 48.6 Å². The smallest absolute Gasteiger partial charge is 0.157 e. The van der Waals surface area contributed by atoms with Crippen LogP contribution in [0.3, 0.4) is 0 Å². The maximum atomic E-state index is 9.41. The second-order valence-electron chi connectivity index (χ2n) is 6.54. The summed E-state index contributed by atoms with van der Waals surface area (Å²) >= 11 is 0. The van der Waals surface area contributed by atoms with E-state index in [9.17, 15) is 10.2 Å². The molecule has 0 amide bonds. The lowest BCUT2D eigenvalue weighted by molar-refractivity contribution is 0.403. The van der Waals surface area contributed by atoms with Gasteiger partial charge in [0, 0.05) is 0 Å². The predicted molar refractivity (Wildman–Crippen MR) is 109 cm³/mol. The fraction of sp³-hybridized carbons (Fsp3) is 0.478. The van der Waals surface area contributed by atoms with E-state index in [1.165, 1.54) is 63.9 Å². The Balaban J connectivity index is 2.02. The fourth-order valence-corrected chi connectivity index (χ4v) is 2.69. The van der Waals surface area contributed by atoms with Crippen LogP contribution in [0.4, 0.5) is 0 Å². The zero-order valence-corrected chi connectivity index (χ0v) is 15.7. The number of allylic oxidation sites excluding steroid dienone is 5. The SMILES string of the molecule is CCCCCCCCCCCC=CC=CC=Cc1ccc(O)c(O)c1. The summed E-state index contributed by atoms with van der Waals surface area (Å²) in [6, 6.07) is 4.79. The van der Waals surface area contributed by atoms with E-state index in [1.807, 2.05) is 24.3 Å². The number of benzene rings is 1. The lowest BCUT2D eigenvalue weighted by Crippen LogP contribution is -1.80. The van der Waals surface area contributed by atoms with Gasteiger partial charge in [-0.3, -0.25) is 0 Å². The van der Waals surface area contributed by atoms with Gasteiger partial charge in [-0.15, -0.1) is 0 Å². The number of phenolic OH excluding ortho intramolecular Hbond substituents is 2. The molecule has 0 bridgehead atoms. The Labute approximate surface area is 153 Å². The predicted octanol–water partition coefficient (Wildman–Crippen LogP) is 7.14. The van der Waals surface area contributed by atoms with E-state index in [2.05, 4.69) is 19.1 Å². The van der Waals surface area contributed by atoms with Crippen LogP contribution >= 0.6 is 0 Å². The molecule has 0 aromatic heterocycles. The number of hydrogen-bond acceptors (Lipinski definition) is 2. The molecule has 1 aromatic carbocycles. The molecule has 0 aliphatic rings. The van der Waals surface area contributed by atoms with Gasteiger partial charge in [0.15, 0.2) is 11.5 Å². The molecule has 1 rings (SSSR count). The highest BCUT2D eigenvalue weighted by atomic mass is 16.3. The summed E-state index contributed by atoms with van der Waals surface area (Å²) in [6.45, 7) is 2.26. The van der Waals surface area contributed by atoms with Crippen molar-refractivity contribution in [3.05, 3.63) is 54.1 Å². The van der Waals surface area contributed by atoms with E-state index in [0.29, 0.717) is 0 Å². The van der Waals surface area contributed by atoms with Gasteiger partial charge in [-0.1, -0.05) is 101 Å². The van der Waals surface area contributed by atoms with E-state index in [-0.39, 0.29) is 11.5 Å². The monoisotopic (exact) mass is 342 g/mol. The molecule has 2 heteroatoms. The normalized spacial score (nSPS) is 12.0. The van der Waals surface area contributed by atoms with Crippen molar-refractivity contribution >= 4 is 6.08 Å². The zero-order chi connectivity index (χ0) is 18.2.